The van der Waals surface area contributed by atoms with E-state index in [0.29, 0.717) is 5.92 Å². The second kappa shape index (κ2) is 2.96. The van der Waals surface area contributed by atoms with E-state index in [1.54, 1.807) is 11.3 Å². The van der Waals surface area contributed by atoms with Crippen molar-refractivity contribution in [3.05, 3.63) is 29.0 Å². The van der Waals surface area contributed by atoms with Crippen LogP contribution in [0.25, 0.3) is 15.2 Å². The van der Waals surface area contributed by atoms with Crippen molar-refractivity contribution in [1.82, 2.24) is 14.6 Å². The third kappa shape index (κ3) is 1.09. The van der Waals surface area contributed by atoms with E-state index in [-0.39, 0.29) is 0 Å². The Morgan fingerprint density at radius 3 is 3.00 bits per heavy atom. The van der Waals surface area contributed by atoms with Crippen LogP contribution < -0.4 is 0 Å². The lowest BCUT2D eigenvalue weighted by atomic mass is 10.3. The Hall–Kier alpha value is -1.13. The van der Waals surface area contributed by atoms with Gasteiger partial charge < -0.3 is 0 Å². The van der Waals surface area contributed by atoms with Crippen molar-refractivity contribution in [3.63, 3.8) is 0 Å². The number of para-hydroxylation sites is 1. The Labute approximate surface area is 101 Å². The predicted molar refractivity (Wildman–Crippen MR) is 65.4 cm³/mol. The molecule has 4 rings (SSSR count). The first kappa shape index (κ1) is 8.96. The molecular formula is C11H8ClN3S. The number of rotatable bonds is 1. The number of aromatic nitrogens is 3. The highest BCUT2D eigenvalue weighted by Crippen LogP contribution is 2.41. The van der Waals surface area contributed by atoms with Gasteiger partial charge in [-0.1, -0.05) is 29.0 Å². The Bertz CT molecular complexity index is 696. The van der Waals surface area contributed by atoms with Crippen LogP contribution >= 0.6 is 22.9 Å². The second-order valence-electron chi connectivity index (χ2n) is 4.14. The molecule has 0 amide bonds. The first-order chi connectivity index (χ1) is 7.84. The number of thiazole rings is 1. The topological polar surface area (TPSA) is 30.2 Å². The molecule has 1 aliphatic carbocycles. The molecule has 5 heteroatoms. The van der Waals surface area contributed by atoms with Gasteiger partial charge in [0.2, 0.25) is 4.96 Å². The second-order valence-corrected chi connectivity index (χ2v) is 5.56. The molecule has 80 valence electrons. The summed E-state index contributed by atoms with van der Waals surface area (Å²) in [7, 11) is 0. The normalized spacial score (nSPS) is 16.3. The van der Waals surface area contributed by atoms with Gasteiger partial charge in [-0.2, -0.15) is 0 Å². The first-order valence-corrected chi connectivity index (χ1v) is 6.46. The van der Waals surface area contributed by atoms with Crippen molar-refractivity contribution in [2.45, 2.75) is 18.8 Å². The van der Waals surface area contributed by atoms with Crippen LogP contribution in [0, 0.1) is 0 Å². The van der Waals surface area contributed by atoms with E-state index in [1.165, 1.54) is 17.5 Å². The van der Waals surface area contributed by atoms with Crippen LogP contribution in [0.2, 0.25) is 5.02 Å². The molecule has 16 heavy (non-hydrogen) atoms. The minimum absolute atomic E-state index is 0.587. The number of halogens is 1. The van der Waals surface area contributed by atoms with E-state index in [1.807, 2.05) is 12.1 Å². The monoisotopic (exact) mass is 249 g/mol. The molecule has 2 aromatic heterocycles. The molecule has 0 unspecified atom stereocenters. The van der Waals surface area contributed by atoms with Gasteiger partial charge in [0.05, 0.1) is 15.2 Å². The molecule has 0 saturated heterocycles. The molecule has 0 spiro atoms. The lowest BCUT2D eigenvalue weighted by Crippen LogP contribution is -1.90. The van der Waals surface area contributed by atoms with Gasteiger partial charge in [-0.3, -0.25) is 4.40 Å². The Balaban J connectivity index is 2.21. The van der Waals surface area contributed by atoms with Crippen molar-refractivity contribution in [3.8, 4) is 0 Å². The molecule has 3 aromatic rings. The average molecular weight is 250 g/mol. The van der Waals surface area contributed by atoms with Crippen LogP contribution in [-0.2, 0) is 0 Å². The van der Waals surface area contributed by atoms with Gasteiger partial charge in [0, 0.05) is 5.92 Å². The fourth-order valence-electron chi connectivity index (χ4n) is 2.06. The molecule has 0 bridgehead atoms. The van der Waals surface area contributed by atoms with Crippen molar-refractivity contribution >= 4 is 38.1 Å². The number of hydrogen-bond donors (Lipinski definition) is 0. The predicted octanol–water partition coefficient (Wildman–Crippen LogP) is 3.47. The lowest BCUT2D eigenvalue weighted by Gasteiger charge is -1.97. The molecule has 1 saturated carbocycles. The first-order valence-electron chi connectivity index (χ1n) is 5.26. The number of benzene rings is 1. The summed E-state index contributed by atoms with van der Waals surface area (Å²) < 4.78 is 3.30. The van der Waals surface area contributed by atoms with Crippen molar-refractivity contribution < 1.29 is 0 Å². The number of nitrogens with zero attached hydrogens (tertiary/aromatic N) is 3. The fraction of sp³-hybridized carbons (Fsp3) is 0.273. The fourth-order valence-corrected chi connectivity index (χ4v) is 3.37. The van der Waals surface area contributed by atoms with Crippen molar-refractivity contribution in [2.24, 2.45) is 0 Å². The summed E-state index contributed by atoms with van der Waals surface area (Å²) in [6.07, 6.45) is 2.45. The smallest absolute Gasteiger partial charge is 0.217 e. The minimum Gasteiger partial charge on any atom is -0.268 e. The summed E-state index contributed by atoms with van der Waals surface area (Å²) in [6, 6.07) is 5.98. The molecule has 1 aromatic carbocycles. The highest BCUT2D eigenvalue weighted by molar-refractivity contribution is 7.23. The summed E-state index contributed by atoms with van der Waals surface area (Å²) in [4.78, 5) is 0.949. The van der Waals surface area contributed by atoms with Gasteiger partial charge >= 0.3 is 0 Å². The summed E-state index contributed by atoms with van der Waals surface area (Å²) in [6.45, 7) is 0. The van der Waals surface area contributed by atoms with E-state index in [0.717, 1.165) is 21.3 Å². The minimum atomic E-state index is 0.587. The van der Waals surface area contributed by atoms with E-state index < -0.39 is 0 Å². The quantitative estimate of drug-likeness (QED) is 0.661. The van der Waals surface area contributed by atoms with Crippen LogP contribution in [0.5, 0.6) is 0 Å². The lowest BCUT2D eigenvalue weighted by molar-refractivity contribution is 0.911. The third-order valence-electron chi connectivity index (χ3n) is 2.98. The average Bonchev–Trinajstić information content (AvgIpc) is 2.90. The molecular weight excluding hydrogens is 242 g/mol. The van der Waals surface area contributed by atoms with Crippen molar-refractivity contribution in [2.75, 3.05) is 0 Å². The summed E-state index contributed by atoms with van der Waals surface area (Å²) in [5.74, 6) is 1.67. The van der Waals surface area contributed by atoms with Gasteiger partial charge in [-0.15, -0.1) is 10.2 Å². The molecule has 1 aliphatic rings. The Kier molecular flexibility index (Phi) is 1.66. The van der Waals surface area contributed by atoms with E-state index in [9.17, 15) is 0 Å². The maximum absolute atomic E-state index is 6.26. The van der Waals surface area contributed by atoms with Crippen LogP contribution in [-0.4, -0.2) is 14.6 Å². The van der Waals surface area contributed by atoms with Crippen LogP contribution in [0.1, 0.15) is 24.6 Å². The summed E-state index contributed by atoms with van der Waals surface area (Å²) >= 11 is 7.91. The zero-order valence-electron chi connectivity index (χ0n) is 8.35. The van der Waals surface area contributed by atoms with E-state index in [4.69, 9.17) is 11.6 Å². The van der Waals surface area contributed by atoms with Gasteiger partial charge in [-0.25, -0.2) is 0 Å². The van der Waals surface area contributed by atoms with Crippen LogP contribution in [0.3, 0.4) is 0 Å². The van der Waals surface area contributed by atoms with Crippen molar-refractivity contribution in [1.29, 1.82) is 0 Å². The Morgan fingerprint density at radius 1 is 1.31 bits per heavy atom. The standard InChI is InChI=1S/C11H8ClN3S/c12-7-2-1-3-8-9(7)15-10(6-4-5-6)13-14-11(15)16-8/h1-3,6H,4-5H2. The Morgan fingerprint density at radius 2 is 2.19 bits per heavy atom. The molecule has 2 heterocycles. The van der Waals surface area contributed by atoms with E-state index in [2.05, 4.69) is 20.7 Å². The zero-order chi connectivity index (χ0) is 10.7. The molecule has 0 aliphatic heterocycles. The molecule has 0 N–H and O–H groups in total. The molecule has 1 fully saturated rings. The summed E-state index contributed by atoms with van der Waals surface area (Å²) in [5.41, 5.74) is 1.07. The number of fused-ring (bicyclic) bond motifs is 3. The van der Waals surface area contributed by atoms with Crippen LogP contribution in [0.15, 0.2) is 18.2 Å². The maximum atomic E-state index is 6.26. The van der Waals surface area contributed by atoms with Gasteiger partial charge in [0.15, 0.2) is 0 Å². The highest BCUT2D eigenvalue weighted by atomic mass is 35.5. The zero-order valence-corrected chi connectivity index (χ0v) is 9.92. The third-order valence-corrected chi connectivity index (χ3v) is 4.28. The SMILES string of the molecule is Clc1cccc2sc3nnc(C4CC4)n3c12. The maximum Gasteiger partial charge on any atom is 0.217 e. The van der Waals surface area contributed by atoms with Gasteiger partial charge in [0.25, 0.3) is 0 Å². The van der Waals surface area contributed by atoms with E-state index >= 15 is 0 Å². The number of hydrogen-bond acceptors (Lipinski definition) is 3. The summed E-state index contributed by atoms with van der Waals surface area (Å²) in [5, 5.41) is 9.29. The molecule has 0 atom stereocenters. The van der Waals surface area contributed by atoms with Gasteiger partial charge in [0.1, 0.15) is 5.82 Å². The largest absolute Gasteiger partial charge is 0.268 e. The van der Waals surface area contributed by atoms with Gasteiger partial charge in [-0.05, 0) is 25.0 Å². The molecule has 3 nitrogen and oxygen atoms in total. The highest BCUT2D eigenvalue weighted by Gasteiger charge is 2.30. The molecule has 0 radical (unpaired) electrons. The van der Waals surface area contributed by atoms with Crippen LogP contribution in [0.4, 0.5) is 0 Å².